The van der Waals surface area contributed by atoms with Crippen molar-refractivity contribution in [3.63, 3.8) is 0 Å². The molecule has 5 heterocycles. The molecular formula is C33H40F3N7O4. The summed E-state index contributed by atoms with van der Waals surface area (Å²) in [6.07, 6.45) is -1.67. The number of amides is 2. The number of ether oxygens (including phenoxy) is 2. The zero-order valence-corrected chi connectivity index (χ0v) is 27.0. The van der Waals surface area contributed by atoms with Crippen LogP contribution in [0.2, 0.25) is 0 Å². The van der Waals surface area contributed by atoms with E-state index >= 15 is 0 Å². The van der Waals surface area contributed by atoms with Gasteiger partial charge in [0.15, 0.2) is 11.4 Å². The van der Waals surface area contributed by atoms with Crippen LogP contribution in [0, 0.1) is 0 Å². The molecule has 2 aliphatic heterocycles. The number of aromatic nitrogens is 3. The summed E-state index contributed by atoms with van der Waals surface area (Å²) in [7, 11) is 2.01. The molecule has 5 rings (SSSR count). The Hall–Kier alpha value is -4.46. The zero-order valence-electron chi connectivity index (χ0n) is 27.0. The van der Waals surface area contributed by atoms with Gasteiger partial charge in [-0.15, -0.1) is 0 Å². The molecule has 2 saturated heterocycles. The minimum Gasteiger partial charge on any atom is -0.478 e. The molecule has 47 heavy (non-hydrogen) atoms. The summed E-state index contributed by atoms with van der Waals surface area (Å²) in [6, 6.07) is 9.57. The van der Waals surface area contributed by atoms with Gasteiger partial charge < -0.3 is 29.5 Å². The van der Waals surface area contributed by atoms with Crippen molar-refractivity contribution in [1.82, 2.24) is 30.1 Å². The van der Waals surface area contributed by atoms with Gasteiger partial charge >= 0.3 is 6.18 Å². The first kappa shape index (κ1) is 33.9. The van der Waals surface area contributed by atoms with Crippen LogP contribution in [0.3, 0.4) is 0 Å². The van der Waals surface area contributed by atoms with Gasteiger partial charge in [0.2, 0.25) is 11.8 Å². The van der Waals surface area contributed by atoms with Crippen molar-refractivity contribution in [3.8, 4) is 23.0 Å². The van der Waals surface area contributed by atoms with Crippen LogP contribution in [-0.2, 0) is 6.18 Å². The molecule has 0 spiro atoms. The molecule has 0 unspecified atom stereocenters. The van der Waals surface area contributed by atoms with Crippen molar-refractivity contribution < 1.29 is 32.2 Å². The number of alkyl halides is 3. The molecule has 14 heteroatoms. The number of carbonyl (C=O) groups is 2. The smallest absolute Gasteiger partial charge is 0.434 e. The van der Waals surface area contributed by atoms with Gasteiger partial charge in [0.1, 0.15) is 0 Å². The molecule has 3 aromatic heterocycles. The predicted molar refractivity (Wildman–Crippen MR) is 170 cm³/mol. The second-order valence-electron chi connectivity index (χ2n) is 11.5. The van der Waals surface area contributed by atoms with Crippen molar-refractivity contribution >= 4 is 17.5 Å². The number of likely N-dealkylation sites (N-methyl/N-ethyl adjacent to an activating group) is 1. The molecule has 0 aliphatic carbocycles. The van der Waals surface area contributed by atoms with Crippen molar-refractivity contribution in [2.24, 2.45) is 0 Å². The van der Waals surface area contributed by atoms with Crippen LogP contribution in [-0.4, -0.2) is 102 Å². The van der Waals surface area contributed by atoms with E-state index in [1.807, 2.05) is 37.9 Å². The molecule has 2 amide bonds. The topological polar surface area (TPSA) is 113 Å². The lowest BCUT2D eigenvalue weighted by Crippen LogP contribution is -2.55. The highest BCUT2D eigenvalue weighted by Gasteiger charge is 2.40. The maximum atomic E-state index is 14.0. The summed E-state index contributed by atoms with van der Waals surface area (Å²) < 4.78 is 52.8. The zero-order chi connectivity index (χ0) is 33.7. The average Bonchev–Trinajstić information content (AvgIpc) is 3.07. The number of rotatable bonds is 11. The minimum absolute atomic E-state index is 0.132. The van der Waals surface area contributed by atoms with E-state index in [4.69, 9.17) is 14.5 Å². The Bertz CT molecular complexity index is 1590. The molecule has 3 aromatic rings. The molecule has 11 nitrogen and oxygen atoms in total. The maximum absolute atomic E-state index is 14.0. The van der Waals surface area contributed by atoms with Gasteiger partial charge in [-0.05, 0) is 70.6 Å². The van der Waals surface area contributed by atoms with Crippen LogP contribution in [0.5, 0.6) is 11.8 Å². The molecule has 2 fully saturated rings. The van der Waals surface area contributed by atoms with Crippen molar-refractivity contribution in [1.29, 1.82) is 0 Å². The molecule has 0 aromatic carbocycles. The Morgan fingerprint density at radius 3 is 2.43 bits per heavy atom. The SMILES string of the molecule is CCOc1ccc(C(=O)N2CCN(c3ccc(-c4cccnc4OCC)nc3C(=O)NC[C@@H]3CCN3C)[C@H](CC)C2)c(C(F)(F)F)n1. The molecule has 1 N–H and O–H groups in total. The van der Waals surface area contributed by atoms with E-state index in [1.54, 1.807) is 25.3 Å². The minimum atomic E-state index is -4.84. The van der Waals surface area contributed by atoms with Gasteiger partial charge in [-0.3, -0.25) is 9.59 Å². The third-order valence-corrected chi connectivity index (χ3v) is 8.57. The van der Waals surface area contributed by atoms with Gasteiger partial charge in [0, 0.05) is 50.5 Å². The Morgan fingerprint density at radius 1 is 0.979 bits per heavy atom. The number of nitrogens with one attached hydrogen (secondary N) is 1. The number of piperazine rings is 1. The highest BCUT2D eigenvalue weighted by atomic mass is 19.4. The predicted octanol–water partition coefficient (Wildman–Crippen LogP) is 4.53. The second kappa shape index (κ2) is 14.5. The van der Waals surface area contributed by atoms with Crippen molar-refractivity contribution in [2.45, 2.75) is 51.9 Å². The molecule has 2 atom stereocenters. The monoisotopic (exact) mass is 655 g/mol. The number of nitrogens with zero attached hydrogens (tertiary/aromatic N) is 6. The van der Waals surface area contributed by atoms with Crippen molar-refractivity contribution in [2.75, 3.05) is 57.9 Å². The molecule has 0 bridgehead atoms. The van der Waals surface area contributed by atoms with Crippen LogP contribution in [0.15, 0.2) is 42.6 Å². The number of anilines is 1. The quantitative estimate of drug-likeness (QED) is 0.319. The molecule has 2 aliphatic rings. The maximum Gasteiger partial charge on any atom is 0.434 e. The lowest BCUT2D eigenvalue weighted by molar-refractivity contribution is -0.141. The van der Waals surface area contributed by atoms with Crippen LogP contribution in [0.1, 0.15) is 60.2 Å². The van der Waals surface area contributed by atoms with Crippen LogP contribution in [0.25, 0.3) is 11.3 Å². The number of hydrogen-bond donors (Lipinski definition) is 1. The second-order valence-corrected chi connectivity index (χ2v) is 11.5. The summed E-state index contributed by atoms with van der Waals surface area (Å²) in [5.74, 6) is -0.897. The fourth-order valence-electron chi connectivity index (χ4n) is 5.90. The van der Waals surface area contributed by atoms with Crippen LogP contribution < -0.4 is 19.7 Å². The normalized spacial score (nSPS) is 18.4. The fraction of sp³-hybridized carbons (Fsp3) is 0.485. The van der Waals surface area contributed by atoms with Crippen LogP contribution in [0.4, 0.5) is 18.9 Å². The third kappa shape index (κ3) is 7.42. The van der Waals surface area contributed by atoms with E-state index in [0.29, 0.717) is 42.4 Å². The number of halogens is 3. The van der Waals surface area contributed by atoms with E-state index in [1.165, 1.54) is 11.0 Å². The highest BCUT2D eigenvalue weighted by Crippen LogP contribution is 2.35. The summed E-state index contributed by atoms with van der Waals surface area (Å²) >= 11 is 0. The van der Waals surface area contributed by atoms with E-state index < -0.39 is 23.3 Å². The van der Waals surface area contributed by atoms with Gasteiger partial charge in [0.25, 0.3) is 11.8 Å². The Kier molecular flexibility index (Phi) is 10.5. The number of likely N-dealkylation sites (tertiary alicyclic amines) is 1. The first-order valence-corrected chi connectivity index (χ1v) is 15.9. The molecular weight excluding hydrogens is 615 g/mol. The van der Waals surface area contributed by atoms with Gasteiger partial charge in [-0.1, -0.05) is 6.92 Å². The lowest BCUT2D eigenvalue weighted by Gasteiger charge is -2.43. The van der Waals surface area contributed by atoms with Gasteiger partial charge in [0.05, 0.1) is 35.7 Å². The first-order valence-electron chi connectivity index (χ1n) is 15.9. The van der Waals surface area contributed by atoms with Crippen LogP contribution >= 0.6 is 0 Å². The highest BCUT2D eigenvalue weighted by molar-refractivity contribution is 5.99. The third-order valence-electron chi connectivity index (χ3n) is 8.57. The Balaban J connectivity index is 1.44. The van der Waals surface area contributed by atoms with Gasteiger partial charge in [-0.2, -0.15) is 13.2 Å². The fourth-order valence-corrected chi connectivity index (χ4v) is 5.90. The number of pyridine rings is 3. The Morgan fingerprint density at radius 2 is 1.77 bits per heavy atom. The van der Waals surface area contributed by atoms with E-state index in [2.05, 4.69) is 20.2 Å². The van der Waals surface area contributed by atoms with E-state index in [0.717, 1.165) is 19.0 Å². The molecule has 252 valence electrons. The standard InChI is InChI=1S/C33H40F3N7O4/c1-5-21-20-42(32(45)24-10-13-27(46-6-2)40-29(24)33(34,35)36)17-18-43(21)26-12-11-25(23-9-8-15-37-31(23)47-7-3)39-28(26)30(44)38-19-22-14-16-41(22)4/h8-13,15,21-22H,5-7,14,16-20H2,1-4H3,(H,38,44)/t21-,22+/m1/s1. The summed E-state index contributed by atoms with van der Waals surface area (Å²) in [4.78, 5) is 45.6. The molecule has 0 radical (unpaired) electrons. The van der Waals surface area contributed by atoms with E-state index in [-0.39, 0.29) is 55.8 Å². The summed E-state index contributed by atoms with van der Waals surface area (Å²) in [5, 5.41) is 3.04. The van der Waals surface area contributed by atoms with Gasteiger partial charge in [-0.25, -0.2) is 15.0 Å². The number of hydrogen-bond acceptors (Lipinski definition) is 9. The summed E-state index contributed by atoms with van der Waals surface area (Å²) in [6.45, 7) is 7.97. The summed E-state index contributed by atoms with van der Waals surface area (Å²) in [5.41, 5.74) is 0.137. The number of carbonyl (C=O) groups excluding carboxylic acids is 2. The average molecular weight is 656 g/mol. The lowest BCUT2D eigenvalue weighted by atomic mass is 10.0. The van der Waals surface area contributed by atoms with Crippen molar-refractivity contribution in [3.05, 3.63) is 59.5 Å². The van der Waals surface area contributed by atoms with E-state index in [9.17, 15) is 22.8 Å². The Labute approximate surface area is 272 Å². The first-order chi connectivity index (χ1) is 22.5. The molecule has 0 saturated carbocycles. The largest absolute Gasteiger partial charge is 0.478 e.